The number of halogens is 1. The predicted molar refractivity (Wildman–Crippen MR) is 141 cm³/mol. The fraction of sp³-hybridized carbons (Fsp3) is 0.167. The van der Waals surface area contributed by atoms with Crippen molar-refractivity contribution in [3.05, 3.63) is 125 Å². The fourth-order valence-electron chi connectivity index (χ4n) is 3.75. The normalized spacial score (nSPS) is 12.5. The monoisotopic (exact) mass is 485 g/mol. The number of pyridine rings is 1. The zero-order valence-corrected chi connectivity index (χ0v) is 20.4. The first kappa shape index (κ1) is 24.5. The molecule has 3 aromatic carbocycles. The molecule has 35 heavy (non-hydrogen) atoms. The molecule has 4 rings (SSSR count). The summed E-state index contributed by atoms with van der Waals surface area (Å²) in [7, 11) is 0. The first-order chi connectivity index (χ1) is 17.1. The molecule has 1 aromatic heterocycles. The Morgan fingerprint density at radius 1 is 0.857 bits per heavy atom. The molecule has 0 aliphatic heterocycles. The standard InChI is InChI=1S/C30H28ClNO3/c1-3-21(2)27(33)26-28(34-19-22-13-7-4-8-14-22)25(24-17-11-6-12-18-24)29(31)32-30(26)35-20-23-15-9-5-10-16-23/h3-18,21,27,33H,1,19-20H2,2H3/t21-,27-/m0/s1. The van der Waals surface area contributed by atoms with E-state index in [0.717, 1.165) is 16.7 Å². The van der Waals surface area contributed by atoms with Crippen molar-refractivity contribution in [3.63, 3.8) is 0 Å². The van der Waals surface area contributed by atoms with Gasteiger partial charge in [-0.1, -0.05) is 116 Å². The van der Waals surface area contributed by atoms with E-state index in [0.29, 0.717) is 23.5 Å². The lowest BCUT2D eigenvalue weighted by molar-refractivity contribution is 0.127. The predicted octanol–water partition coefficient (Wildman–Crippen LogP) is 7.42. The van der Waals surface area contributed by atoms with Gasteiger partial charge in [0.1, 0.15) is 24.1 Å². The lowest BCUT2D eigenvalue weighted by Gasteiger charge is -2.25. The van der Waals surface area contributed by atoms with Gasteiger partial charge in [0.05, 0.1) is 17.2 Å². The molecule has 0 aliphatic rings. The minimum Gasteiger partial charge on any atom is -0.488 e. The molecule has 0 fully saturated rings. The van der Waals surface area contributed by atoms with Gasteiger partial charge in [0.15, 0.2) is 0 Å². The molecule has 1 heterocycles. The van der Waals surface area contributed by atoms with Gasteiger partial charge in [-0.15, -0.1) is 6.58 Å². The van der Waals surface area contributed by atoms with Gasteiger partial charge in [0.2, 0.25) is 5.88 Å². The van der Waals surface area contributed by atoms with Gasteiger partial charge >= 0.3 is 0 Å². The summed E-state index contributed by atoms with van der Waals surface area (Å²) in [6, 6.07) is 29.3. The third-order valence-electron chi connectivity index (χ3n) is 5.78. The van der Waals surface area contributed by atoms with E-state index in [9.17, 15) is 5.11 Å². The summed E-state index contributed by atoms with van der Waals surface area (Å²) >= 11 is 6.75. The van der Waals surface area contributed by atoms with Crippen LogP contribution in [0.15, 0.2) is 104 Å². The van der Waals surface area contributed by atoms with Crippen molar-refractivity contribution in [2.24, 2.45) is 5.92 Å². The molecular weight excluding hydrogens is 458 g/mol. The lowest BCUT2D eigenvalue weighted by atomic mass is 9.94. The second-order valence-electron chi connectivity index (χ2n) is 8.28. The molecule has 0 saturated carbocycles. The summed E-state index contributed by atoms with van der Waals surface area (Å²) in [4.78, 5) is 4.59. The van der Waals surface area contributed by atoms with E-state index in [1.165, 1.54) is 0 Å². The summed E-state index contributed by atoms with van der Waals surface area (Å²) < 4.78 is 12.5. The number of nitrogens with zero attached hydrogens (tertiary/aromatic N) is 1. The van der Waals surface area contributed by atoms with Gasteiger partial charge in [0, 0.05) is 5.92 Å². The van der Waals surface area contributed by atoms with Crippen LogP contribution in [0.5, 0.6) is 11.6 Å². The molecule has 178 valence electrons. The molecule has 0 amide bonds. The lowest BCUT2D eigenvalue weighted by Crippen LogP contribution is -2.14. The zero-order chi connectivity index (χ0) is 24.6. The van der Waals surface area contributed by atoms with E-state index in [1.807, 2.05) is 97.9 Å². The first-order valence-electron chi connectivity index (χ1n) is 11.5. The van der Waals surface area contributed by atoms with E-state index in [4.69, 9.17) is 21.1 Å². The Balaban J connectivity index is 1.85. The molecule has 0 aliphatic carbocycles. The molecule has 0 radical (unpaired) electrons. The van der Waals surface area contributed by atoms with Gasteiger partial charge < -0.3 is 14.6 Å². The smallest absolute Gasteiger partial charge is 0.224 e. The molecule has 4 nitrogen and oxygen atoms in total. The van der Waals surface area contributed by atoms with Crippen molar-refractivity contribution in [1.29, 1.82) is 0 Å². The van der Waals surface area contributed by atoms with Crippen molar-refractivity contribution in [2.75, 3.05) is 0 Å². The first-order valence-corrected chi connectivity index (χ1v) is 11.9. The molecular formula is C30H28ClNO3. The third kappa shape index (κ3) is 5.91. The maximum absolute atomic E-state index is 11.4. The Morgan fingerprint density at radius 3 is 1.91 bits per heavy atom. The van der Waals surface area contributed by atoms with Gasteiger partial charge in [-0.25, -0.2) is 4.98 Å². The number of aliphatic hydroxyl groups excluding tert-OH is 1. The molecule has 5 heteroatoms. The van der Waals surface area contributed by atoms with Crippen LogP contribution in [0.2, 0.25) is 5.15 Å². The van der Waals surface area contributed by atoms with Crippen molar-refractivity contribution >= 4 is 11.6 Å². The van der Waals surface area contributed by atoms with Crippen LogP contribution in [-0.2, 0) is 13.2 Å². The van der Waals surface area contributed by atoms with Gasteiger partial charge in [-0.3, -0.25) is 0 Å². The van der Waals surface area contributed by atoms with Crippen LogP contribution < -0.4 is 9.47 Å². The molecule has 0 saturated heterocycles. The maximum Gasteiger partial charge on any atom is 0.224 e. The molecule has 2 atom stereocenters. The minimum atomic E-state index is -0.962. The van der Waals surface area contributed by atoms with Crippen LogP contribution in [0, 0.1) is 5.92 Å². The van der Waals surface area contributed by atoms with Crippen LogP contribution in [0.4, 0.5) is 0 Å². The molecule has 0 bridgehead atoms. The van der Waals surface area contributed by atoms with Crippen molar-refractivity contribution in [3.8, 4) is 22.8 Å². The molecule has 1 N–H and O–H groups in total. The second-order valence-corrected chi connectivity index (χ2v) is 8.64. The summed E-state index contributed by atoms with van der Waals surface area (Å²) in [5, 5.41) is 11.6. The highest BCUT2D eigenvalue weighted by atomic mass is 35.5. The maximum atomic E-state index is 11.4. The van der Waals surface area contributed by atoms with E-state index in [-0.39, 0.29) is 23.6 Å². The average Bonchev–Trinajstić information content (AvgIpc) is 2.91. The highest BCUT2D eigenvalue weighted by molar-refractivity contribution is 6.32. The average molecular weight is 486 g/mol. The number of aliphatic hydroxyl groups is 1. The third-order valence-corrected chi connectivity index (χ3v) is 6.05. The van der Waals surface area contributed by atoms with Crippen molar-refractivity contribution < 1.29 is 14.6 Å². The molecule has 0 unspecified atom stereocenters. The number of aromatic nitrogens is 1. The Kier molecular flexibility index (Phi) is 8.19. The number of rotatable bonds is 10. The Bertz CT molecular complexity index is 1250. The highest BCUT2D eigenvalue weighted by Crippen LogP contribution is 2.46. The van der Waals surface area contributed by atoms with Crippen LogP contribution >= 0.6 is 11.6 Å². The Hall–Kier alpha value is -3.60. The van der Waals surface area contributed by atoms with E-state index in [2.05, 4.69) is 11.6 Å². The van der Waals surface area contributed by atoms with Crippen molar-refractivity contribution in [1.82, 2.24) is 4.98 Å². The summed E-state index contributed by atoms with van der Waals surface area (Å²) in [5.74, 6) is 0.409. The van der Waals surface area contributed by atoms with Crippen LogP contribution in [0.3, 0.4) is 0 Å². The number of ether oxygens (including phenoxy) is 2. The number of hydrogen-bond acceptors (Lipinski definition) is 4. The second kappa shape index (κ2) is 11.7. The summed E-state index contributed by atoms with van der Waals surface area (Å²) in [6.07, 6.45) is 0.736. The van der Waals surface area contributed by atoms with Crippen LogP contribution in [0.25, 0.3) is 11.1 Å². The molecule has 0 spiro atoms. The number of hydrogen-bond donors (Lipinski definition) is 1. The largest absolute Gasteiger partial charge is 0.488 e. The molecule has 4 aromatic rings. The van der Waals surface area contributed by atoms with Gasteiger partial charge in [-0.2, -0.15) is 0 Å². The zero-order valence-electron chi connectivity index (χ0n) is 19.6. The van der Waals surface area contributed by atoms with E-state index >= 15 is 0 Å². The van der Waals surface area contributed by atoms with E-state index < -0.39 is 6.10 Å². The van der Waals surface area contributed by atoms with Gasteiger partial charge in [-0.05, 0) is 16.7 Å². The van der Waals surface area contributed by atoms with Crippen molar-refractivity contribution in [2.45, 2.75) is 26.2 Å². The highest BCUT2D eigenvalue weighted by Gasteiger charge is 2.30. The van der Waals surface area contributed by atoms with Crippen LogP contribution in [-0.4, -0.2) is 10.1 Å². The SMILES string of the molecule is C=C[C@H](C)[C@H](O)c1c(OCc2ccccc2)nc(Cl)c(-c2ccccc2)c1OCc1ccccc1. The quantitative estimate of drug-likeness (QED) is 0.187. The van der Waals surface area contributed by atoms with Gasteiger partial charge in [0.25, 0.3) is 0 Å². The number of benzene rings is 3. The fourth-order valence-corrected chi connectivity index (χ4v) is 4.03. The summed E-state index contributed by atoms with van der Waals surface area (Å²) in [5.41, 5.74) is 3.86. The summed E-state index contributed by atoms with van der Waals surface area (Å²) in [6.45, 7) is 6.32. The van der Waals surface area contributed by atoms with E-state index in [1.54, 1.807) is 6.08 Å². The Morgan fingerprint density at radius 2 is 1.37 bits per heavy atom. The topological polar surface area (TPSA) is 51.6 Å². The van der Waals surface area contributed by atoms with Crippen LogP contribution in [0.1, 0.15) is 29.7 Å². The Labute approximate surface area is 211 Å². The minimum absolute atomic E-state index is 0.239.